The Morgan fingerprint density at radius 2 is 2.09 bits per heavy atom. The van der Waals surface area contributed by atoms with Crippen LogP contribution in [0, 0.1) is 6.92 Å². The monoisotopic (exact) mass is 358 g/mol. The number of pyridine rings is 1. The third-order valence-corrected chi connectivity index (χ3v) is 4.18. The molecule has 0 spiro atoms. The second-order valence-electron chi connectivity index (χ2n) is 4.94. The number of halogens is 1. The molecule has 1 aliphatic heterocycles. The topological polar surface area (TPSA) is 61.1 Å². The summed E-state index contributed by atoms with van der Waals surface area (Å²) >= 11 is 3.44. The minimum atomic E-state index is 0.215. The maximum atomic E-state index is 9.71. The van der Waals surface area contributed by atoms with E-state index in [-0.39, 0.29) is 5.75 Å². The Labute approximate surface area is 137 Å². The summed E-state index contributed by atoms with van der Waals surface area (Å²) in [5.74, 6) is 1.76. The number of phenolic OH excluding ortho intramolecular Hbond substituents is 1. The summed E-state index contributed by atoms with van der Waals surface area (Å²) in [7, 11) is 0. The summed E-state index contributed by atoms with van der Waals surface area (Å²) in [5.41, 5.74) is 1.61. The summed E-state index contributed by atoms with van der Waals surface area (Å²) in [4.78, 5) is 8.86. The van der Waals surface area contributed by atoms with Crippen LogP contribution in [0.2, 0.25) is 0 Å². The van der Waals surface area contributed by atoms with Gasteiger partial charge in [-0.1, -0.05) is 12.1 Å². The number of amidine groups is 1. The van der Waals surface area contributed by atoms with E-state index in [9.17, 15) is 5.11 Å². The third kappa shape index (κ3) is 3.17. The van der Waals surface area contributed by atoms with Gasteiger partial charge in [0, 0.05) is 22.7 Å². The molecule has 1 aromatic carbocycles. The van der Waals surface area contributed by atoms with Crippen molar-refractivity contribution in [2.75, 3.05) is 11.6 Å². The molecule has 0 amide bonds. The van der Waals surface area contributed by atoms with Crippen LogP contribution in [-0.2, 0) is 0 Å². The molecule has 0 bridgehead atoms. The quantitative estimate of drug-likeness (QED) is 0.835. The second kappa shape index (κ2) is 6.27. The zero-order chi connectivity index (χ0) is 15.5. The molecule has 5 nitrogen and oxygen atoms in total. The third-order valence-electron chi connectivity index (χ3n) is 3.34. The Kier molecular flexibility index (Phi) is 4.20. The van der Waals surface area contributed by atoms with Crippen molar-refractivity contribution in [3.63, 3.8) is 0 Å². The number of aryl methyl sites for hydroxylation is 1. The van der Waals surface area contributed by atoms with Crippen molar-refractivity contribution < 1.29 is 5.11 Å². The van der Waals surface area contributed by atoms with Crippen molar-refractivity contribution in [2.45, 2.75) is 13.3 Å². The zero-order valence-corrected chi connectivity index (χ0v) is 13.7. The maximum absolute atomic E-state index is 9.71. The summed E-state index contributed by atoms with van der Waals surface area (Å²) in [6.45, 7) is 2.70. The number of hydrogen-bond donors (Lipinski definition) is 1. The number of rotatable bonds is 2. The Hall–Kier alpha value is -2.21. The first-order valence-electron chi connectivity index (χ1n) is 6.94. The van der Waals surface area contributed by atoms with Crippen LogP contribution in [0.5, 0.6) is 5.75 Å². The standard InChI is InChI=1S/C16H15BrN4O/c1-11-13(17)6-7-16(19-11)21-9-8-15(20-21)18-10-12-4-2-3-5-14(12)22/h2-7,10,22H,8-9H2,1H3. The molecule has 0 atom stereocenters. The van der Waals surface area contributed by atoms with Crippen molar-refractivity contribution in [3.05, 3.63) is 52.1 Å². The van der Waals surface area contributed by atoms with Gasteiger partial charge in [-0.05, 0) is 47.1 Å². The lowest BCUT2D eigenvalue weighted by Crippen LogP contribution is -2.13. The highest BCUT2D eigenvalue weighted by atomic mass is 79.9. The summed E-state index contributed by atoms with van der Waals surface area (Å²) in [6, 6.07) is 11.0. The van der Waals surface area contributed by atoms with E-state index in [1.807, 2.05) is 36.2 Å². The van der Waals surface area contributed by atoms with E-state index in [2.05, 4.69) is 31.0 Å². The van der Waals surface area contributed by atoms with Gasteiger partial charge in [0.15, 0.2) is 5.84 Å². The van der Waals surface area contributed by atoms with E-state index in [4.69, 9.17) is 0 Å². The first-order chi connectivity index (χ1) is 10.6. The van der Waals surface area contributed by atoms with Gasteiger partial charge in [0.25, 0.3) is 0 Å². The molecule has 2 heterocycles. The summed E-state index contributed by atoms with van der Waals surface area (Å²) in [6.07, 6.45) is 2.39. The number of phenols is 1. The van der Waals surface area contributed by atoms with Gasteiger partial charge in [0.05, 0.1) is 12.2 Å². The molecule has 0 aliphatic carbocycles. The SMILES string of the molecule is Cc1nc(N2CCC(N=Cc3ccccc3O)=N2)ccc1Br. The zero-order valence-electron chi connectivity index (χ0n) is 12.1. The number of para-hydroxylation sites is 1. The van der Waals surface area contributed by atoms with Crippen LogP contribution < -0.4 is 5.01 Å². The molecule has 1 aliphatic rings. The maximum Gasteiger partial charge on any atom is 0.150 e. The van der Waals surface area contributed by atoms with Crippen molar-refractivity contribution in [1.82, 2.24) is 4.98 Å². The molecule has 1 aromatic heterocycles. The predicted octanol–water partition coefficient (Wildman–Crippen LogP) is 3.50. The van der Waals surface area contributed by atoms with Crippen molar-refractivity contribution in [2.24, 2.45) is 10.1 Å². The number of benzene rings is 1. The number of aliphatic imine (C=N–C) groups is 1. The van der Waals surface area contributed by atoms with Crippen LogP contribution in [0.25, 0.3) is 0 Å². The average molecular weight is 359 g/mol. The lowest BCUT2D eigenvalue weighted by Gasteiger charge is -2.12. The molecule has 2 aromatic rings. The van der Waals surface area contributed by atoms with Gasteiger partial charge in [-0.15, -0.1) is 0 Å². The van der Waals surface area contributed by atoms with E-state index in [1.54, 1.807) is 18.3 Å². The number of aromatic hydroxyl groups is 1. The van der Waals surface area contributed by atoms with Gasteiger partial charge < -0.3 is 5.11 Å². The fraction of sp³-hybridized carbons (Fsp3) is 0.188. The largest absolute Gasteiger partial charge is 0.507 e. The summed E-state index contributed by atoms with van der Waals surface area (Å²) < 4.78 is 0.984. The Morgan fingerprint density at radius 3 is 2.86 bits per heavy atom. The van der Waals surface area contributed by atoms with E-state index in [1.165, 1.54) is 0 Å². The van der Waals surface area contributed by atoms with Gasteiger partial charge in [-0.25, -0.2) is 15.0 Å². The van der Waals surface area contributed by atoms with Gasteiger partial charge in [-0.3, -0.25) is 0 Å². The fourth-order valence-electron chi connectivity index (χ4n) is 2.12. The number of hydrazone groups is 1. The Morgan fingerprint density at radius 1 is 1.27 bits per heavy atom. The fourth-order valence-corrected chi connectivity index (χ4v) is 2.34. The molecule has 0 unspecified atom stereocenters. The van der Waals surface area contributed by atoms with Gasteiger partial charge in [0.1, 0.15) is 11.6 Å². The van der Waals surface area contributed by atoms with Crippen molar-refractivity contribution in [3.8, 4) is 5.75 Å². The molecule has 112 valence electrons. The molecule has 3 rings (SSSR count). The van der Waals surface area contributed by atoms with Crippen LogP contribution >= 0.6 is 15.9 Å². The van der Waals surface area contributed by atoms with E-state index < -0.39 is 0 Å². The first-order valence-corrected chi connectivity index (χ1v) is 7.73. The van der Waals surface area contributed by atoms with Crippen LogP contribution in [0.3, 0.4) is 0 Å². The number of anilines is 1. The molecule has 0 fully saturated rings. The molecule has 0 radical (unpaired) electrons. The number of aromatic nitrogens is 1. The van der Waals surface area contributed by atoms with E-state index in [0.29, 0.717) is 5.56 Å². The van der Waals surface area contributed by atoms with Crippen LogP contribution in [0.1, 0.15) is 17.7 Å². The molecular weight excluding hydrogens is 344 g/mol. The Balaban J connectivity index is 1.77. The highest BCUT2D eigenvalue weighted by Crippen LogP contribution is 2.22. The van der Waals surface area contributed by atoms with Gasteiger partial charge >= 0.3 is 0 Å². The van der Waals surface area contributed by atoms with Gasteiger partial charge in [0.2, 0.25) is 0 Å². The summed E-state index contributed by atoms with van der Waals surface area (Å²) in [5, 5.41) is 16.0. The molecule has 1 N–H and O–H groups in total. The normalized spacial score (nSPS) is 14.6. The number of hydrogen-bond acceptors (Lipinski definition) is 5. The van der Waals surface area contributed by atoms with Gasteiger partial charge in [-0.2, -0.15) is 5.10 Å². The van der Waals surface area contributed by atoms with Crippen LogP contribution in [-0.4, -0.2) is 28.7 Å². The Bertz CT molecular complexity index is 758. The molecule has 6 heteroatoms. The lowest BCUT2D eigenvalue weighted by molar-refractivity contribution is 0.474. The second-order valence-corrected chi connectivity index (χ2v) is 5.80. The highest BCUT2D eigenvalue weighted by Gasteiger charge is 2.16. The van der Waals surface area contributed by atoms with Crippen molar-refractivity contribution in [1.29, 1.82) is 0 Å². The number of nitrogens with zero attached hydrogens (tertiary/aromatic N) is 4. The molecular formula is C16H15BrN4O. The molecule has 0 saturated heterocycles. The lowest BCUT2D eigenvalue weighted by atomic mass is 10.2. The van der Waals surface area contributed by atoms with Crippen LogP contribution in [0.15, 0.2) is 51.0 Å². The average Bonchev–Trinajstić information content (AvgIpc) is 2.98. The van der Waals surface area contributed by atoms with E-state index in [0.717, 1.165) is 34.8 Å². The van der Waals surface area contributed by atoms with Crippen LogP contribution in [0.4, 0.5) is 5.82 Å². The molecule has 0 saturated carbocycles. The predicted molar refractivity (Wildman–Crippen MR) is 91.8 cm³/mol. The minimum absolute atomic E-state index is 0.215. The first kappa shape index (κ1) is 14.7. The molecule has 22 heavy (non-hydrogen) atoms. The minimum Gasteiger partial charge on any atom is -0.507 e. The smallest absolute Gasteiger partial charge is 0.150 e. The van der Waals surface area contributed by atoms with E-state index >= 15 is 0 Å². The van der Waals surface area contributed by atoms with Crippen molar-refractivity contribution >= 4 is 33.8 Å². The highest BCUT2D eigenvalue weighted by molar-refractivity contribution is 9.10.